The molecule has 0 bridgehead atoms. The third-order valence-corrected chi connectivity index (χ3v) is 0.985. The summed E-state index contributed by atoms with van der Waals surface area (Å²) in [6.45, 7) is 3.90. The zero-order valence-corrected chi connectivity index (χ0v) is 5.63. The summed E-state index contributed by atoms with van der Waals surface area (Å²) in [5, 5.41) is 8.98. The number of rotatable bonds is 2. The van der Waals surface area contributed by atoms with Gasteiger partial charge in [-0.15, -0.1) is 0 Å². The molecule has 0 saturated heterocycles. The van der Waals surface area contributed by atoms with E-state index in [4.69, 9.17) is 5.11 Å². The molecule has 1 unspecified atom stereocenters. The Hall–Kier alpha value is -0.370. The van der Waals surface area contributed by atoms with Gasteiger partial charge in [-0.25, -0.2) is 0 Å². The second kappa shape index (κ2) is 3.61. The van der Waals surface area contributed by atoms with Gasteiger partial charge in [-0.1, -0.05) is 13.8 Å². The molecule has 0 aliphatic carbocycles. The van der Waals surface area contributed by atoms with E-state index in [1.807, 2.05) is 13.8 Å². The minimum absolute atomic E-state index is 0.277. The molecule has 0 heterocycles. The first-order valence-corrected chi connectivity index (χ1v) is 2.78. The van der Waals surface area contributed by atoms with Crippen LogP contribution in [0.4, 0.5) is 0 Å². The molecule has 0 amide bonds. The maximum Gasteiger partial charge on any atom is 0.0909 e. The van der Waals surface area contributed by atoms with Crippen molar-refractivity contribution in [2.24, 2.45) is 10.9 Å². The average Bonchev–Trinajstić information content (AvgIpc) is 1.67. The van der Waals surface area contributed by atoms with Gasteiger partial charge >= 0.3 is 0 Å². The van der Waals surface area contributed by atoms with Crippen molar-refractivity contribution >= 4 is 6.21 Å². The van der Waals surface area contributed by atoms with Gasteiger partial charge < -0.3 is 5.11 Å². The Balaban J connectivity index is 3.47. The first-order chi connectivity index (χ1) is 3.68. The molecule has 0 spiro atoms. The van der Waals surface area contributed by atoms with E-state index < -0.39 is 0 Å². The Labute approximate surface area is 50.3 Å². The standard InChI is InChI=1S/C6H13NO/c1-5(2)6(8)4-7-3/h4-6,8H,1-3H3. The summed E-state index contributed by atoms with van der Waals surface area (Å²) in [6, 6.07) is 0. The van der Waals surface area contributed by atoms with E-state index in [1.165, 1.54) is 0 Å². The summed E-state index contributed by atoms with van der Waals surface area (Å²) in [5.41, 5.74) is 0. The first-order valence-electron chi connectivity index (χ1n) is 2.78. The van der Waals surface area contributed by atoms with E-state index >= 15 is 0 Å². The Bertz CT molecular complexity index is 78.6. The van der Waals surface area contributed by atoms with E-state index in [-0.39, 0.29) is 12.0 Å². The summed E-state index contributed by atoms with van der Waals surface area (Å²) in [4.78, 5) is 3.68. The largest absolute Gasteiger partial charge is 0.387 e. The minimum atomic E-state index is -0.375. The molecule has 0 saturated carbocycles. The fourth-order valence-electron chi connectivity index (χ4n) is 0.325. The Kier molecular flexibility index (Phi) is 3.44. The zero-order chi connectivity index (χ0) is 6.57. The van der Waals surface area contributed by atoms with E-state index in [1.54, 1.807) is 13.3 Å². The Morgan fingerprint density at radius 3 is 2.12 bits per heavy atom. The average molecular weight is 115 g/mol. The fourth-order valence-corrected chi connectivity index (χ4v) is 0.325. The molecule has 8 heavy (non-hydrogen) atoms. The van der Waals surface area contributed by atoms with E-state index in [9.17, 15) is 0 Å². The van der Waals surface area contributed by atoms with Gasteiger partial charge in [-0.2, -0.15) is 0 Å². The first kappa shape index (κ1) is 7.63. The molecular weight excluding hydrogens is 102 g/mol. The number of nitrogens with zero attached hydrogens (tertiary/aromatic N) is 1. The molecule has 0 fully saturated rings. The van der Waals surface area contributed by atoms with Gasteiger partial charge in [-0.05, 0) is 5.92 Å². The van der Waals surface area contributed by atoms with Crippen LogP contribution in [0.15, 0.2) is 4.99 Å². The lowest BCUT2D eigenvalue weighted by atomic mass is 10.1. The molecule has 2 nitrogen and oxygen atoms in total. The van der Waals surface area contributed by atoms with Crippen molar-refractivity contribution in [2.45, 2.75) is 20.0 Å². The normalized spacial score (nSPS) is 15.6. The smallest absolute Gasteiger partial charge is 0.0909 e. The molecular formula is C6H13NO. The van der Waals surface area contributed by atoms with Crippen LogP contribution in [-0.4, -0.2) is 24.5 Å². The topological polar surface area (TPSA) is 32.6 Å². The highest BCUT2D eigenvalue weighted by Crippen LogP contribution is 1.96. The molecule has 0 aromatic heterocycles. The van der Waals surface area contributed by atoms with Gasteiger partial charge in [0, 0.05) is 13.3 Å². The highest BCUT2D eigenvalue weighted by molar-refractivity contribution is 5.62. The van der Waals surface area contributed by atoms with Crippen LogP contribution in [0.2, 0.25) is 0 Å². The summed E-state index contributed by atoms with van der Waals surface area (Å²) in [7, 11) is 1.66. The van der Waals surface area contributed by atoms with Gasteiger partial charge in [0.05, 0.1) is 6.10 Å². The quantitative estimate of drug-likeness (QED) is 0.528. The van der Waals surface area contributed by atoms with Crippen LogP contribution in [0.25, 0.3) is 0 Å². The van der Waals surface area contributed by atoms with Gasteiger partial charge in [0.1, 0.15) is 0 Å². The minimum Gasteiger partial charge on any atom is -0.387 e. The van der Waals surface area contributed by atoms with Crippen molar-refractivity contribution in [3.05, 3.63) is 0 Å². The lowest BCUT2D eigenvalue weighted by molar-refractivity contribution is 0.195. The maximum atomic E-state index is 8.98. The SMILES string of the molecule is CN=CC(O)C(C)C. The maximum absolute atomic E-state index is 8.98. The van der Waals surface area contributed by atoms with Crippen molar-refractivity contribution in [1.29, 1.82) is 0 Å². The highest BCUT2D eigenvalue weighted by Gasteiger charge is 2.02. The molecule has 1 atom stereocenters. The molecule has 2 heteroatoms. The van der Waals surface area contributed by atoms with Crippen molar-refractivity contribution < 1.29 is 5.11 Å². The third kappa shape index (κ3) is 2.75. The van der Waals surface area contributed by atoms with Crippen molar-refractivity contribution in [1.82, 2.24) is 0 Å². The summed E-state index contributed by atoms with van der Waals surface area (Å²) in [6.07, 6.45) is 1.17. The lowest BCUT2D eigenvalue weighted by Gasteiger charge is -2.06. The fraction of sp³-hybridized carbons (Fsp3) is 0.833. The second-order valence-electron chi connectivity index (χ2n) is 2.14. The summed E-state index contributed by atoms with van der Waals surface area (Å²) < 4.78 is 0. The molecule has 0 aliphatic heterocycles. The van der Waals surface area contributed by atoms with Crippen LogP contribution < -0.4 is 0 Å². The second-order valence-corrected chi connectivity index (χ2v) is 2.14. The molecule has 0 aliphatic rings. The van der Waals surface area contributed by atoms with Gasteiger partial charge in [0.15, 0.2) is 0 Å². The molecule has 0 aromatic carbocycles. The Morgan fingerprint density at radius 2 is 2.00 bits per heavy atom. The lowest BCUT2D eigenvalue weighted by Crippen LogP contribution is -2.15. The van der Waals surface area contributed by atoms with Crippen molar-refractivity contribution in [2.75, 3.05) is 7.05 Å². The van der Waals surface area contributed by atoms with Gasteiger partial charge in [0.2, 0.25) is 0 Å². The number of hydrogen-bond acceptors (Lipinski definition) is 2. The predicted octanol–water partition coefficient (Wildman–Crippen LogP) is 0.704. The summed E-state index contributed by atoms with van der Waals surface area (Å²) >= 11 is 0. The van der Waals surface area contributed by atoms with Crippen LogP contribution in [0.3, 0.4) is 0 Å². The highest BCUT2D eigenvalue weighted by atomic mass is 16.3. The number of hydrogen-bond donors (Lipinski definition) is 1. The molecule has 0 aromatic rings. The summed E-state index contributed by atoms with van der Waals surface area (Å²) in [5.74, 6) is 0.277. The van der Waals surface area contributed by atoms with Crippen LogP contribution in [-0.2, 0) is 0 Å². The number of aliphatic imine (C=N–C) groups is 1. The molecule has 0 radical (unpaired) electrons. The van der Waals surface area contributed by atoms with Gasteiger partial charge in [-0.3, -0.25) is 4.99 Å². The third-order valence-electron chi connectivity index (χ3n) is 0.985. The van der Waals surface area contributed by atoms with Crippen LogP contribution in [0.1, 0.15) is 13.8 Å². The molecule has 0 rings (SSSR count). The van der Waals surface area contributed by atoms with E-state index in [0.717, 1.165) is 0 Å². The van der Waals surface area contributed by atoms with E-state index in [2.05, 4.69) is 4.99 Å². The molecule has 1 N–H and O–H groups in total. The Morgan fingerprint density at radius 1 is 1.50 bits per heavy atom. The number of aliphatic hydroxyl groups excluding tert-OH is 1. The van der Waals surface area contributed by atoms with Crippen LogP contribution in [0, 0.1) is 5.92 Å². The monoisotopic (exact) mass is 115 g/mol. The van der Waals surface area contributed by atoms with Crippen molar-refractivity contribution in [3.8, 4) is 0 Å². The van der Waals surface area contributed by atoms with Crippen molar-refractivity contribution in [3.63, 3.8) is 0 Å². The van der Waals surface area contributed by atoms with E-state index in [0.29, 0.717) is 0 Å². The zero-order valence-electron chi connectivity index (χ0n) is 5.63. The molecule has 48 valence electrons. The van der Waals surface area contributed by atoms with Crippen LogP contribution in [0.5, 0.6) is 0 Å². The predicted molar refractivity (Wildman–Crippen MR) is 35.3 cm³/mol. The van der Waals surface area contributed by atoms with Gasteiger partial charge in [0.25, 0.3) is 0 Å². The number of aliphatic hydroxyl groups is 1. The van der Waals surface area contributed by atoms with Crippen LogP contribution >= 0.6 is 0 Å².